The predicted molar refractivity (Wildman–Crippen MR) is 190 cm³/mol. The van der Waals surface area contributed by atoms with Gasteiger partial charge in [0, 0.05) is 12.3 Å². The van der Waals surface area contributed by atoms with Gasteiger partial charge in [0.25, 0.3) is 5.91 Å². The summed E-state index contributed by atoms with van der Waals surface area (Å²) in [4.78, 5) is 69.6. The zero-order valence-electron chi connectivity index (χ0n) is 32.0. The Morgan fingerprint density at radius 1 is 1.02 bits per heavy atom. The van der Waals surface area contributed by atoms with Gasteiger partial charge in [-0.3, -0.25) is 19.1 Å². The number of nitrogens with zero attached hydrogens (tertiary/aromatic N) is 1. The third-order valence-electron chi connectivity index (χ3n) is 11.3. The molecule has 0 radical (unpaired) electrons. The van der Waals surface area contributed by atoms with Crippen LogP contribution < -0.4 is 15.4 Å². The van der Waals surface area contributed by atoms with Gasteiger partial charge in [-0.15, -0.1) is 0 Å². The normalized spacial score (nSPS) is 29.7. The molecule has 21 heteroatoms. The number of rotatable bonds is 8. The molecule has 0 aromatic heterocycles. The fourth-order valence-corrected chi connectivity index (χ4v) is 8.75. The quantitative estimate of drug-likeness (QED) is 0.182. The summed E-state index contributed by atoms with van der Waals surface area (Å²) in [5.41, 5.74) is -7.13. The van der Waals surface area contributed by atoms with Gasteiger partial charge in [0.15, 0.2) is 0 Å². The molecule has 58 heavy (non-hydrogen) atoms. The molecule has 2 saturated carbocycles. The fourth-order valence-electron chi connectivity index (χ4n) is 7.32. The second kappa shape index (κ2) is 16.0. The summed E-state index contributed by atoms with van der Waals surface area (Å²) in [5.74, 6) is -6.58. The number of carbonyl (C=O) groups excluding carboxylic acids is 5. The number of halogens is 7. The monoisotopic (exact) mass is 854 g/mol. The summed E-state index contributed by atoms with van der Waals surface area (Å²) in [6.45, 7) is 2.59. The number of ether oxygens (including phenoxy) is 2. The van der Waals surface area contributed by atoms with Gasteiger partial charge >= 0.3 is 24.4 Å². The van der Waals surface area contributed by atoms with Crippen molar-refractivity contribution in [1.82, 2.24) is 20.3 Å². The Bertz CT molecular complexity index is 1940. The predicted octanol–water partition coefficient (Wildman–Crippen LogP) is 5.10. The van der Waals surface area contributed by atoms with Crippen molar-refractivity contribution in [3.05, 3.63) is 47.5 Å². The van der Waals surface area contributed by atoms with Crippen LogP contribution in [-0.4, -0.2) is 96.6 Å². The van der Waals surface area contributed by atoms with Crippen molar-refractivity contribution in [3.8, 4) is 0 Å². The van der Waals surface area contributed by atoms with E-state index in [2.05, 4.69) is 15.4 Å². The highest BCUT2D eigenvalue weighted by molar-refractivity contribution is 7.91. The van der Waals surface area contributed by atoms with Crippen molar-refractivity contribution in [1.29, 1.82) is 0 Å². The number of hydrogen-bond acceptors (Lipinski definition) is 9. The maximum absolute atomic E-state index is 14.5. The van der Waals surface area contributed by atoms with Gasteiger partial charge in [-0.05, 0) is 76.3 Å². The molecule has 322 valence electrons. The number of alkyl halides is 7. The van der Waals surface area contributed by atoms with Crippen LogP contribution in [0.5, 0.6) is 0 Å². The lowest BCUT2D eigenvalue weighted by molar-refractivity contribution is -0.244. The van der Waals surface area contributed by atoms with Crippen molar-refractivity contribution in [3.63, 3.8) is 0 Å². The number of carbonyl (C=O) groups is 5. The van der Waals surface area contributed by atoms with Gasteiger partial charge in [0.1, 0.15) is 35.1 Å². The molecule has 2 aliphatic carbocycles. The van der Waals surface area contributed by atoms with Crippen LogP contribution in [0.15, 0.2) is 36.4 Å². The molecule has 0 spiro atoms. The third kappa shape index (κ3) is 9.22. The van der Waals surface area contributed by atoms with E-state index in [9.17, 15) is 63.1 Å². The average molecular weight is 855 g/mol. The summed E-state index contributed by atoms with van der Waals surface area (Å²) in [6.07, 6.45) is -9.48. The third-order valence-corrected chi connectivity index (χ3v) is 13.4. The second-order valence-corrected chi connectivity index (χ2v) is 18.3. The van der Waals surface area contributed by atoms with Crippen LogP contribution in [0, 0.1) is 17.8 Å². The molecule has 5 rings (SSSR count). The van der Waals surface area contributed by atoms with E-state index in [0.29, 0.717) is 32.8 Å². The maximum Gasteiger partial charge on any atom is 0.427 e. The van der Waals surface area contributed by atoms with E-state index in [4.69, 9.17) is 4.74 Å². The van der Waals surface area contributed by atoms with Crippen LogP contribution >= 0.6 is 0 Å². The summed E-state index contributed by atoms with van der Waals surface area (Å²) >= 11 is 0. The van der Waals surface area contributed by atoms with Gasteiger partial charge in [0.05, 0.1) is 17.7 Å². The highest BCUT2D eigenvalue weighted by atomic mass is 32.2. The Kier molecular flexibility index (Phi) is 12.3. The fraction of sp³-hybridized carbons (Fsp3) is 0.649. The summed E-state index contributed by atoms with van der Waals surface area (Å²) in [7, 11) is -4.56. The maximum atomic E-state index is 14.5. The number of amides is 4. The first-order valence-electron chi connectivity index (χ1n) is 18.6. The Morgan fingerprint density at radius 2 is 1.67 bits per heavy atom. The summed E-state index contributed by atoms with van der Waals surface area (Å²) in [6, 6.07) is 0.361. The van der Waals surface area contributed by atoms with Gasteiger partial charge in [0.2, 0.25) is 27.4 Å². The Balaban J connectivity index is 1.51. The minimum absolute atomic E-state index is 0.0471. The standard InChI is InChI=1S/C37H45F7N4O9S/c1-20-9-5-6-10-22-17-35(22,31(52)47-58(54,55)34(19-38)13-14-34)46-28(49)26-16-23(56-30(51)24-11-7-8-12-25(24)36(39,40)41)18-48(26)29(50)27(21(2)15-20)45-32(53)57-33(3,4)37(42,43)44/h6-8,10-12,20-23,26-27H,5,9,13-19H2,1-4H3,(H,45,53)(H,46,49)(H,47,52)/b10-6-/t20-,21+,22+,23+,26-,27-,35+/m0/s1. The number of alkyl carbamates (subject to hydrolysis) is 1. The molecule has 1 aromatic rings. The number of fused-ring (bicyclic) bond motifs is 2. The summed E-state index contributed by atoms with van der Waals surface area (Å²) < 4.78 is 132. The van der Waals surface area contributed by atoms with E-state index >= 15 is 0 Å². The molecule has 3 fully saturated rings. The van der Waals surface area contributed by atoms with Gasteiger partial charge in [-0.25, -0.2) is 22.4 Å². The van der Waals surface area contributed by atoms with Gasteiger partial charge < -0.3 is 25.0 Å². The molecule has 4 aliphatic rings. The molecule has 2 aliphatic heterocycles. The number of allylic oxidation sites excluding steroid dienone is 1. The van der Waals surface area contributed by atoms with E-state index < -0.39 is 129 Å². The first-order chi connectivity index (χ1) is 26.8. The highest BCUT2D eigenvalue weighted by Crippen LogP contribution is 2.48. The molecule has 4 amide bonds. The SMILES string of the molecule is C[C@H]1CC/C=C\[C@@H]2C[C@@]2(C(=O)NS(=O)(=O)C2(CF)CC2)NC(=O)[C@@H]2C[C@@H](OC(=O)c3ccccc3C(F)(F)F)CN2C(=O)[C@@H](NC(=O)OC(C)(C)C(F)(F)F)[C@H](C)C1. The van der Waals surface area contributed by atoms with Crippen molar-refractivity contribution in [2.45, 2.75) is 119 Å². The molecular weight excluding hydrogens is 809 g/mol. The number of benzene rings is 1. The van der Waals surface area contributed by atoms with E-state index in [1.807, 2.05) is 11.6 Å². The van der Waals surface area contributed by atoms with Crippen molar-refractivity contribution >= 4 is 39.8 Å². The largest absolute Gasteiger partial charge is 0.457 e. The molecule has 13 nitrogen and oxygen atoms in total. The van der Waals surface area contributed by atoms with E-state index in [1.165, 1.54) is 6.92 Å². The van der Waals surface area contributed by atoms with Crippen LogP contribution in [0.3, 0.4) is 0 Å². The smallest absolute Gasteiger partial charge is 0.427 e. The molecule has 1 aromatic carbocycles. The van der Waals surface area contributed by atoms with Crippen molar-refractivity contribution in [2.75, 3.05) is 13.2 Å². The van der Waals surface area contributed by atoms with Crippen LogP contribution in [0.25, 0.3) is 0 Å². The first kappa shape index (κ1) is 44.7. The molecule has 1 saturated heterocycles. The van der Waals surface area contributed by atoms with Crippen molar-refractivity contribution < 1.29 is 72.6 Å². The number of hydrogen-bond donors (Lipinski definition) is 3. The minimum Gasteiger partial charge on any atom is -0.457 e. The summed E-state index contributed by atoms with van der Waals surface area (Å²) in [5, 5.41) is 4.71. The zero-order chi connectivity index (χ0) is 43.2. The van der Waals surface area contributed by atoms with Crippen LogP contribution in [0.2, 0.25) is 0 Å². The van der Waals surface area contributed by atoms with Crippen LogP contribution in [-0.2, 0) is 40.1 Å². The zero-order valence-corrected chi connectivity index (χ0v) is 32.8. The highest BCUT2D eigenvalue weighted by Gasteiger charge is 2.64. The van der Waals surface area contributed by atoms with E-state index in [0.717, 1.165) is 23.1 Å². The van der Waals surface area contributed by atoms with Crippen molar-refractivity contribution in [2.24, 2.45) is 17.8 Å². The molecule has 2 heterocycles. The number of nitrogens with one attached hydrogen (secondary N) is 3. The second-order valence-electron chi connectivity index (χ2n) is 16.2. The van der Waals surface area contributed by atoms with Gasteiger partial charge in [-0.1, -0.05) is 38.1 Å². The topological polar surface area (TPSA) is 177 Å². The Hall–Kier alpha value is -4.43. The van der Waals surface area contributed by atoms with Gasteiger partial charge in [-0.2, -0.15) is 26.3 Å². The molecule has 0 bridgehead atoms. The lowest BCUT2D eigenvalue weighted by Gasteiger charge is -2.34. The molecule has 0 unspecified atom stereocenters. The first-order valence-corrected chi connectivity index (χ1v) is 20.1. The lowest BCUT2D eigenvalue weighted by atomic mass is 9.88. The Morgan fingerprint density at radius 3 is 2.28 bits per heavy atom. The molecular formula is C37H45F7N4O9S. The minimum atomic E-state index is -5.02. The molecule has 7 atom stereocenters. The number of esters is 1. The van der Waals surface area contributed by atoms with E-state index in [-0.39, 0.29) is 31.6 Å². The van der Waals surface area contributed by atoms with Crippen LogP contribution in [0.1, 0.15) is 88.6 Å². The Labute approximate surface area is 329 Å². The molecule has 3 N–H and O–H groups in total. The van der Waals surface area contributed by atoms with Crippen LogP contribution in [0.4, 0.5) is 35.5 Å². The average Bonchev–Trinajstić information content (AvgIpc) is 4.02. The van der Waals surface area contributed by atoms with E-state index in [1.54, 1.807) is 12.2 Å². The lowest BCUT2D eigenvalue weighted by Crippen LogP contribution is -2.60. The number of sulfonamides is 1.